The number of carbonyl (C=O) groups excluding carboxylic acids is 2. The lowest BCUT2D eigenvalue weighted by Gasteiger charge is -2.56. The fourth-order valence-electron chi connectivity index (χ4n) is 6.99. The molecule has 2 aliphatic rings. The molecule has 1 aliphatic heterocycles. The first-order valence-corrected chi connectivity index (χ1v) is 14.1. The number of nitrogens with zero attached hydrogens (tertiary/aromatic N) is 2. The highest BCUT2D eigenvalue weighted by Gasteiger charge is 2.54. The number of hydrogen-bond acceptors (Lipinski definition) is 5. The largest absolute Gasteiger partial charge is 0.508 e. The minimum absolute atomic E-state index is 0.0125. The molecule has 1 heterocycles. The van der Waals surface area contributed by atoms with Crippen LogP contribution in [0.25, 0.3) is 10.8 Å². The molecule has 4 atom stereocenters. The number of aromatic hydroxyl groups is 1. The number of ether oxygens (including phenoxy) is 1. The summed E-state index contributed by atoms with van der Waals surface area (Å²) in [5.41, 5.74) is 1.41. The molecule has 0 aromatic heterocycles. The van der Waals surface area contributed by atoms with E-state index in [0.717, 1.165) is 42.3 Å². The summed E-state index contributed by atoms with van der Waals surface area (Å²) in [5, 5.41) is 12.6. The predicted molar refractivity (Wildman–Crippen MR) is 154 cm³/mol. The van der Waals surface area contributed by atoms with Gasteiger partial charge in [-0.05, 0) is 73.0 Å². The van der Waals surface area contributed by atoms with Crippen molar-refractivity contribution < 1.29 is 19.4 Å². The molecule has 1 N–H and O–H groups in total. The van der Waals surface area contributed by atoms with Gasteiger partial charge >= 0.3 is 5.97 Å². The van der Waals surface area contributed by atoms with Gasteiger partial charge in [0.2, 0.25) is 0 Å². The first-order valence-electron chi connectivity index (χ1n) is 14.1. The lowest BCUT2D eigenvalue weighted by molar-refractivity contribution is -0.158. The van der Waals surface area contributed by atoms with Crippen LogP contribution in [0.1, 0.15) is 56.0 Å². The first-order chi connectivity index (χ1) is 18.7. The van der Waals surface area contributed by atoms with Gasteiger partial charge in [0.05, 0.1) is 0 Å². The second kappa shape index (κ2) is 11.0. The zero-order valence-corrected chi connectivity index (χ0v) is 23.5. The SMILES string of the molecule is CC(=O)OC1C[C@H](N(CC(C)C)C(=O)c2ccc3ccccc3c2)C[C@]2(c3cccc(O)c3)CCN(C)C[C@@H]12. The molecule has 39 heavy (non-hydrogen) atoms. The lowest BCUT2D eigenvalue weighted by atomic mass is 9.56. The van der Waals surface area contributed by atoms with E-state index in [-0.39, 0.29) is 47.0 Å². The van der Waals surface area contributed by atoms with Crippen molar-refractivity contribution in [3.05, 3.63) is 77.9 Å². The van der Waals surface area contributed by atoms with Crippen molar-refractivity contribution in [2.75, 3.05) is 26.7 Å². The third-order valence-electron chi connectivity index (χ3n) is 8.71. The van der Waals surface area contributed by atoms with Gasteiger partial charge in [-0.25, -0.2) is 0 Å². The summed E-state index contributed by atoms with van der Waals surface area (Å²) >= 11 is 0. The molecule has 1 unspecified atom stereocenters. The second-order valence-electron chi connectivity index (χ2n) is 12.0. The van der Waals surface area contributed by atoms with E-state index >= 15 is 0 Å². The number of piperidine rings is 1. The minimum atomic E-state index is -0.328. The Balaban J connectivity index is 1.58. The predicted octanol–water partition coefficient (Wildman–Crippen LogP) is 5.63. The van der Waals surface area contributed by atoms with Gasteiger partial charge in [0, 0.05) is 49.4 Å². The van der Waals surface area contributed by atoms with Crippen LogP contribution in [0.4, 0.5) is 0 Å². The molecular formula is C33H40N2O4. The maximum Gasteiger partial charge on any atom is 0.302 e. The number of benzene rings is 3. The molecule has 6 heteroatoms. The monoisotopic (exact) mass is 528 g/mol. The van der Waals surface area contributed by atoms with Crippen LogP contribution in [-0.2, 0) is 14.9 Å². The molecule has 1 saturated carbocycles. The molecule has 0 spiro atoms. The third-order valence-corrected chi connectivity index (χ3v) is 8.71. The maximum atomic E-state index is 14.2. The van der Waals surface area contributed by atoms with Crippen LogP contribution >= 0.6 is 0 Å². The molecule has 5 rings (SSSR count). The Morgan fingerprint density at radius 2 is 1.85 bits per heavy atom. The maximum absolute atomic E-state index is 14.2. The standard InChI is InChI=1S/C33H40N2O4/c1-22(2)20-35(32(38)26-13-12-24-8-5-6-9-25(24)16-26)28-18-31(39-23(3)36)30-21-34(4)15-14-33(30,19-28)27-10-7-11-29(37)17-27/h5-13,16-17,22,28,30-31,37H,14-15,18-21H2,1-4H3/t28-,30-,31?,33-/m0/s1. The van der Waals surface area contributed by atoms with E-state index in [4.69, 9.17) is 4.74 Å². The first kappa shape index (κ1) is 27.2. The van der Waals surface area contributed by atoms with Crippen molar-refractivity contribution in [1.29, 1.82) is 0 Å². The zero-order valence-electron chi connectivity index (χ0n) is 23.5. The number of rotatable bonds is 6. The van der Waals surface area contributed by atoms with Crippen molar-refractivity contribution in [1.82, 2.24) is 9.80 Å². The molecular weight excluding hydrogens is 488 g/mol. The van der Waals surface area contributed by atoms with Crippen LogP contribution in [-0.4, -0.2) is 65.6 Å². The Labute approximate surface area is 231 Å². The smallest absolute Gasteiger partial charge is 0.302 e. The van der Waals surface area contributed by atoms with Crippen molar-refractivity contribution in [3.8, 4) is 5.75 Å². The van der Waals surface area contributed by atoms with Crippen LogP contribution < -0.4 is 0 Å². The van der Waals surface area contributed by atoms with E-state index in [2.05, 4.69) is 37.9 Å². The number of phenolic OH excluding ortho intramolecular Hbond substituents is 1. The summed E-state index contributed by atoms with van der Waals surface area (Å²) in [6, 6.07) is 21.4. The van der Waals surface area contributed by atoms with Crippen molar-refractivity contribution in [3.63, 3.8) is 0 Å². The molecule has 0 bridgehead atoms. The van der Waals surface area contributed by atoms with Crippen LogP contribution in [0.3, 0.4) is 0 Å². The quantitative estimate of drug-likeness (QED) is 0.420. The second-order valence-corrected chi connectivity index (χ2v) is 12.0. The van der Waals surface area contributed by atoms with Gasteiger partial charge < -0.3 is 19.6 Å². The molecule has 206 valence electrons. The number of fused-ring (bicyclic) bond motifs is 2. The van der Waals surface area contributed by atoms with Crippen LogP contribution in [0, 0.1) is 11.8 Å². The minimum Gasteiger partial charge on any atom is -0.508 e. The Hall–Kier alpha value is -3.38. The van der Waals surface area contributed by atoms with Gasteiger partial charge in [-0.2, -0.15) is 0 Å². The summed E-state index contributed by atoms with van der Waals surface area (Å²) in [5.74, 6) is 0.286. The average Bonchev–Trinajstić information content (AvgIpc) is 2.91. The van der Waals surface area contributed by atoms with Gasteiger partial charge in [0.1, 0.15) is 11.9 Å². The number of hydrogen-bond donors (Lipinski definition) is 1. The summed E-state index contributed by atoms with van der Waals surface area (Å²) in [4.78, 5) is 30.9. The molecule has 6 nitrogen and oxygen atoms in total. The summed E-state index contributed by atoms with van der Waals surface area (Å²) in [6.45, 7) is 8.05. The van der Waals surface area contributed by atoms with Gasteiger partial charge in [0.25, 0.3) is 5.91 Å². The molecule has 0 radical (unpaired) electrons. The highest BCUT2D eigenvalue weighted by molar-refractivity contribution is 5.98. The van der Waals surface area contributed by atoms with Crippen molar-refractivity contribution >= 4 is 22.6 Å². The highest BCUT2D eigenvalue weighted by Crippen LogP contribution is 2.51. The Bertz CT molecular complexity index is 1350. The molecule has 1 amide bonds. The molecule has 3 aromatic rings. The van der Waals surface area contributed by atoms with E-state index in [1.807, 2.05) is 53.4 Å². The van der Waals surface area contributed by atoms with Gasteiger partial charge in [-0.3, -0.25) is 9.59 Å². The van der Waals surface area contributed by atoms with E-state index in [0.29, 0.717) is 18.5 Å². The number of amides is 1. The molecule has 1 saturated heterocycles. The van der Waals surface area contributed by atoms with Crippen LogP contribution in [0.5, 0.6) is 5.75 Å². The number of esters is 1. The zero-order chi connectivity index (χ0) is 27.7. The lowest BCUT2D eigenvalue weighted by Crippen LogP contribution is -2.62. The van der Waals surface area contributed by atoms with E-state index < -0.39 is 0 Å². The fraction of sp³-hybridized carbons (Fsp3) is 0.455. The van der Waals surface area contributed by atoms with Crippen LogP contribution in [0.15, 0.2) is 66.7 Å². The van der Waals surface area contributed by atoms with E-state index in [1.165, 1.54) is 6.92 Å². The molecule has 2 fully saturated rings. The highest BCUT2D eigenvalue weighted by atomic mass is 16.5. The number of phenols is 1. The Morgan fingerprint density at radius 1 is 1.08 bits per heavy atom. The summed E-state index contributed by atoms with van der Waals surface area (Å²) in [6.07, 6.45) is 1.90. The van der Waals surface area contributed by atoms with Crippen LogP contribution in [0.2, 0.25) is 0 Å². The number of carbonyl (C=O) groups is 2. The molecule has 1 aliphatic carbocycles. The Morgan fingerprint density at radius 3 is 2.56 bits per heavy atom. The van der Waals surface area contributed by atoms with Gasteiger partial charge in [0.15, 0.2) is 0 Å². The molecule has 3 aromatic carbocycles. The van der Waals surface area contributed by atoms with E-state index in [9.17, 15) is 14.7 Å². The fourth-order valence-corrected chi connectivity index (χ4v) is 6.99. The van der Waals surface area contributed by atoms with Crippen molar-refractivity contribution in [2.45, 2.75) is 57.6 Å². The Kier molecular flexibility index (Phi) is 7.68. The van der Waals surface area contributed by atoms with Gasteiger partial charge in [-0.15, -0.1) is 0 Å². The van der Waals surface area contributed by atoms with E-state index in [1.54, 1.807) is 6.07 Å². The number of likely N-dealkylation sites (tertiary alicyclic amines) is 1. The summed E-state index contributed by atoms with van der Waals surface area (Å²) in [7, 11) is 2.11. The van der Waals surface area contributed by atoms with Gasteiger partial charge in [-0.1, -0.05) is 56.3 Å². The normalized spacial score (nSPS) is 25.3. The van der Waals surface area contributed by atoms with Crippen molar-refractivity contribution in [2.24, 2.45) is 11.8 Å². The average molecular weight is 529 g/mol. The summed E-state index contributed by atoms with van der Waals surface area (Å²) < 4.78 is 6.05. The third kappa shape index (κ3) is 5.53. The topological polar surface area (TPSA) is 70.1 Å².